The van der Waals surface area contributed by atoms with Crippen molar-refractivity contribution >= 4 is 21.9 Å². The fourth-order valence-corrected chi connectivity index (χ4v) is 3.63. The number of halogens is 2. The number of aliphatic imine (C=N–C) groups is 1. The number of hydrogen-bond acceptors (Lipinski definition) is 2. The van der Waals surface area contributed by atoms with Crippen LogP contribution in [0.2, 0.25) is 0 Å². The molecule has 1 aromatic rings. The van der Waals surface area contributed by atoms with Gasteiger partial charge in [0.05, 0.1) is 0 Å². The maximum atomic E-state index is 13.9. The first-order valence-electron chi connectivity index (χ1n) is 8.46. The van der Waals surface area contributed by atoms with Crippen molar-refractivity contribution in [3.05, 3.63) is 34.1 Å². The smallest absolute Gasteiger partial charge is 0.191 e. The Hall–Kier alpha value is -1.14. The van der Waals surface area contributed by atoms with Crippen LogP contribution in [0.3, 0.4) is 0 Å². The number of nitrogens with zero attached hydrogens (tertiary/aromatic N) is 1. The van der Waals surface area contributed by atoms with Gasteiger partial charge in [-0.15, -0.1) is 0 Å². The monoisotopic (exact) mass is 399 g/mol. The maximum Gasteiger partial charge on any atom is 0.191 e. The fourth-order valence-electron chi connectivity index (χ4n) is 3.29. The Kier molecular flexibility index (Phi) is 7.49. The molecule has 1 aliphatic rings. The van der Waals surface area contributed by atoms with Gasteiger partial charge in [0, 0.05) is 43.9 Å². The van der Waals surface area contributed by atoms with E-state index in [1.807, 2.05) is 6.07 Å². The lowest BCUT2D eigenvalue weighted by Crippen LogP contribution is -2.43. The molecule has 0 saturated heterocycles. The van der Waals surface area contributed by atoms with E-state index in [0.717, 1.165) is 24.0 Å². The summed E-state index contributed by atoms with van der Waals surface area (Å²) in [5.41, 5.74) is 0.910. The lowest BCUT2D eigenvalue weighted by atomic mass is 9.83. The number of ether oxygens (including phenoxy) is 1. The van der Waals surface area contributed by atoms with E-state index in [4.69, 9.17) is 4.74 Å². The zero-order valence-corrected chi connectivity index (χ0v) is 16.1. The van der Waals surface area contributed by atoms with Crippen molar-refractivity contribution in [2.45, 2.75) is 38.6 Å². The first-order chi connectivity index (χ1) is 11.6. The summed E-state index contributed by atoms with van der Waals surface area (Å²) >= 11 is 3.27. The van der Waals surface area contributed by atoms with Crippen LogP contribution >= 0.6 is 15.9 Å². The average Bonchev–Trinajstić information content (AvgIpc) is 3.04. The molecule has 0 aromatic heterocycles. The summed E-state index contributed by atoms with van der Waals surface area (Å²) in [5.74, 6) is 0.487. The van der Waals surface area contributed by atoms with Gasteiger partial charge in [0.1, 0.15) is 5.82 Å². The zero-order chi connectivity index (χ0) is 17.4. The van der Waals surface area contributed by atoms with Crippen molar-refractivity contribution in [1.29, 1.82) is 0 Å². The molecule has 0 aliphatic heterocycles. The standard InChI is InChI=1S/C18H27BrFN3O/c1-21-17(22-12-14-5-6-15(19)11-16(14)20)23-13-18(9-10-24-2)7-3-4-8-18/h5-6,11H,3-4,7-10,12-13H2,1-2H3,(H2,21,22,23). The normalized spacial score (nSPS) is 17.1. The van der Waals surface area contributed by atoms with Gasteiger partial charge in [0.15, 0.2) is 5.96 Å². The number of rotatable bonds is 7. The van der Waals surface area contributed by atoms with Gasteiger partial charge in [-0.1, -0.05) is 34.8 Å². The summed E-state index contributed by atoms with van der Waals surface area (Å²) in [7, 11) is 3.49. The molecular formula is C18H27BrFN3O. The van der Waals surface area contributed by atoms with Gasteiger partial charge in [0.2, 0.25) is 0 Å². The van der Waals surface area contributed by atoms with Crippen molar-refractivity contribution < 1.29 is 9.13 Å². The zero-order valence-electron chi connectivity index (χ0n) is 14.5. The van der Waals surface area contributed by atoms with Crippen LogP contribution in [-0.4, -0.2) is 33.3 Å². The van der Waals surface area contributed by atoms with Gasteiger partial charge < -0.3 is 15.4 Å². The van der Waals surface area contributed by atoms with Crippen LogP contribution in [0.5, 0.6) is 0 Å². The SMILES string of the molecule is CN=C(NCc1ccc(Br)cc1F)NCC1(CCOC)CCCC1. The largest absolute Gasteiger partial charge is 0.385 e. The highest BCUT2D eigenvalue weighted by Gasteiger charge is 2.33. The highest BCUT2D eigenvalue weighted by atomic mass is 79.9. The van der Waals surface area contributed by atoms with E-state index in [0.29, 0.717) is 18.1 Å². The molecule has 0 bridgehead atoms. The number of methoxy groups -OCH3 is 1. The molecule has 2 rings (SSSR count). The molecule has 1 aromatic carbocycles. The minimum Gasteiger partial charge on any atom is -0.385 e. The van der Waals surface area contributed by atoms with Gasteiger partial charge >= 0.3 is 0 Å². The molecule has 134 valence electrons. The van der Waals surface area contributed by atoms with E-state index in [1.54, 1.807) is 20.2 Å². The molecule has 0 heterocycles. The summed E-state index contributed by atoms with van der Waals surface area (Å²) < 4.78 is 19.9. The number of hydrogen-bond donors (Lipinski definition) is 2. The van der Waals surface area contributed by atoms with E-state index >= 15 is 0 Å². The van der Waals surface area contributed by atoms with E-state index in [1.165, 1.54) is 31.7 Å². The van der Waals surface area contributed by atoms with E-state index < -0.39 is 0 Å². The highest BCUT2D eigenvalue weighted by Crippen LogP contribution is 2.40. The highest BCUT2D eigenvalue weighted by molar-refractivity contribution is 9.10. The number of guanidine groups is 1. The van der Waals surface area contributed by atoms with Crippen molar-refractivity contribution in [2.75, 3.05) is 27.3 Å². The first kappa shape index (κ1) is 19.2. The molecule has 0 unspecified atom stereocenters. The Labute approximate surface area is 152 Å². The third-order valence-electron chi connectivity index (χ3n) is 4.82. The van der Waals surface area contributed by atoms with Crippen molar-refractivity contribution in [3.63, 3.8) is 0 Å². The van der Waals surface area contributed by atoms with E-state index in [9.17, 15) is 4.39 Å². The summed E-state index contributed by atoms with van der Waals surface area (Å²) in [4.78, 5) is 4.25. The van der Waals surface area contributed by atoms with Crippen LogP contribution in [-0.2, 0) is 11.3 Å². The van der Waals surface area contributed by atoms with Crippen LogP contribution in [0.15, 0.2) is 27.7 Å². The molecule has 0 amide bonds. The molecular weight excluding hydrogens is 373 g/mol. The fraction of sp³-hybridized carbons (Fsp3) is 0.611. The molecule has 0 atom stereocenters. The molecule has 24 heavy (non-hydrogen) atoms. The minimum absolute atomic E-state index is 0.223. The third kappa shape index (κ3) is 5.45. The molecule has 2 N–H and O–H groups in total. The Morgan fingerprint density at radius 3 is 2.71 bits per heavy atom. The average molecular weight is 400 g/mol. The van der Waals surface area contributed by atoms with Crippen LogP contribution in [0.4, 0.5) is 4.39 Å². The Bertz CT molecular complexity index is 559. The Morgan fingerprint density at radius 1 is 1.33 bits per heavy atom. The van der Waals surface area contributed by atoms with Gasteiger partial charge in [-0.25, -0.2) is 4.39 Å². The van der Waals surface area contributed by atoms with Crippen LogP contribution in [0.1, 0.15) is 37.7 Å². The molecule has 0 spiro atoms. The van der Waals surface area contributed by atoms with Gasteiger partial charge in [-0.2, -0.15) is 0 Å². The first-order valence-corrected chi connectivity index (χ1v) is 9.25. The van der Waals surface area contributed by atoms with Crippen molar-refractivity contribution in [3.8, 4) is 0 Å². The molecule has 1 saturated carbocycles. The van der Waals surface area contributed by atoms with Gasteiger partial charge in [-0.05, 0) is 36.8 Å². The lowest BCUT2D eigenvalue weighted by molar-refractivity contribution is 0.138. The molecule has 6 heteroatoms. The molecule has 0 radical (unpaired) electrons. The second-order valence-corrected chi connectivity index (χ2v) is 7.38. The second kappa shape index (κ2) is 9.37. The topological polar surface area (TPSA) is 45.7 Å². The lowest BCUT2D eigenvalue weighted by Gasteiger charge is -2.30. The summed E-state index contributed by atoms with van der Waals surface area (Å²) in [6.07, 6.45) is 6.07. The number of benzene rings is 1. The van der Waals surface area contributed by atoms with Crippen molar-refractivity contribution in [2.24, 2.45) is 10.4 Å². The van der Waals surface area contributed by atoms with E-state index in [-0.39, 0.29) is 11.2 Å². The summed E-state index contributed by atoms with van der Waals surface area (Å²) in [6.45, 7) is 2.07. The molecule has 4 nitrogen and oxygen atoms in total. The van der Waals surface area contributed by atoms with Crippen molar-refractivity contribution in [1.82, 2.24) is 10.6 Å². The Morgan fingerprint density at radius 2 is 2.08 bits per heavy atom. The van der Waals surface area contributed by atoms with Gasteiger partial charge in [-0.3, -0.25) is 4.99 Å². The quantitative estimate of drug-likeness (QED) is 0.540. The molecule has 1 fully saturated rings. The van der Waals surface area contributed by atoms with Crippen LogP contribution in [0.25, 0.3) is 0 Å². The minimum atomic E-state index is -0.223. The van der Waals surface area contributed by atoms with Crippen LogP contribution < -0.4 is 10.6 Å². The second-order valence-electron chi connectivity index (χ2n) is 6.46. The Balaban J connectivity index is 1.87. The molecule has 1 aliphatic carbocycles. The predicted octanol–water partition coefficient (Wildman–Crippen LogP) is 3.85. The third-order valence-corrected chi connectivity index (χ3v) is 5.31. The number of nitrogens with one attached hydrogen (secondary N) is 2. The summed E-state index contributed by atoms with van der Waals surface area (Å²) in [6, 6.07) is 5.09. The van der Waals surface area contributed by atoms with Gasteiger partial charge in [0.25, 0.3) is 0 Å². The van der Waals surface area contributed by atoms with Crippen LogP contribution in [0, 0.1) is 11.2 Å². The maximum absolute atomic E-state index is 13.9. The summed E-state index contributed by atoms with van der Waals surface area (Å²) in [5, 5.41) is 6.61. The predicted molar refractivity (Wildman–Crippen MR) is 99.7 cm³/mol. The van der Waals surface area contributed by atoms with E-state index in [2.05, 4.69) is 31.6 Å².